The summed E-state index contributed by atoms with van der Waals surface area (Å²) < 4.78 is 56.4. The summed E-state index contributed by atoms with van der Waals surface area (Å²) in [4.78, 5) is 16.0. The summed E-state index contributed by atoms with van der Waals surface area (Å²) in [7, 11) is -4.29. The summed E-state index contributed by atoms with van der Waals surface area (Å²) in [6, 6.07) is 11.9. The van der Waals surface area contributed by atoms with E-state index in [1.54, 1.807) is 49.5 Å². The maximum absolute atomic E-state index is 15.1. The summed E-state index contributed by atoms with van der Waals surface area (Å²) in [6.45, 7) is 2.95. The number of nitrogens with one attached hydrogen (secondary N) is 1. The second-order valence-electron chi connectivity index (χ2n) is 9.36. The number of sulfonamides is 1. The Bertz CT molecular complexity index is 1320. The summed E-state index contributed by atoms with van der Waals surface area (Å²) >= 11 is 0. The van der Waals surface area contributed by atoms with E-state index in [2.05, 4.69) is 15.8 Å². The molecule has 2 aromatic rings. The van der Waals surface area contributed by atoms with Gasteiger partial charge >= 0.3 is 5.97 Å². The van der Waals surface area contributed by atoms with Crippen LogP contribution in [-0.2, 0) is 14.8 Å². The van der Waals surface area contributed by atoms with Gasteiger partial charge in [-0.25, -0.2) is 21.9 Å². The molecule has 1 aliphatic heterocycles. The molecule has 4 rings (SSSR count). The maximum atomic E-state index is 15.1. The third-order valence-electron chi connectivity index (χ3n) is 7.30. The molecule has 1 aromatic heterocycles. The van der Waals surface area contributed by atoms with Crippen LogP contribution < -0.4 is 4.72 Å². The Morgan fingerprint density at radius 3 is 2.63 bits per heavy atom. The molecular formula is C25H25F2N3O4S. The van der Waals surface area contributed by atoms with E-state index in [-0.39, 0.29) is 0 Å². The van der Waals surface area contributed by atoms with Gasteiger partial charge in [-0.05, 0) is 31.1 Å². The van der Waals surface area contributed by atoms with Crippen LogP contribution in [-0.4, -0.2) is 41.2 Å². The van der Waals surface area contributed by atoms with Gasteiger partial charge in [-0.1, -0.05) is 37.3 Å². The van der Waals surface area contributed by atoms with Crippen molar-refractivity contribution in [1.82, 2.24) is 9.71 Å². The number of alkyl halides is 2. The highest BCUT2D eigenvalue weighted by Gasteiger charge is 2.69. The number of rotatable bonds is 5. The van der Waals surface area contributed by atoms with E-state index in [0.717, 1.165) is 5.56 Å². The van der Waals surface area contributed by atoms with Crippen molar-refractivity contribution in [2.45, 2.75) is 43.4 Å². The van der Waals surface area contributed by atoms with Crippen molar-refractivity contribution in [3.63, 3.8) is 0 Å². The molecule has 0 bridgehead atoms. The second-order valence-corrected chi connectivity index (χ2v) is 11.4. The largest absolute Gasteiger partial charge is 0.481 e. The monoisotopic (exact) mass is 501 g/mol. The Labute approximate surface area is 202 Å². The molecule has 1 aliphatic carbocycles. The number of nitrogens with zero attached hydrogens (tertiary/aromatic N) is 2. The van der Waals surface area contributed by atoms with Gasteiger partial charge in [0.2, 0.25) is 10.0 Å². The van der Waals surface area contributed by atoms with Crippen LogP contribution in [0.15, 0.2) is 48.7 Å². The number of carboxylic acids is 1. The first-order valence-corrected chi connectivity index (χ1v) is 12.7. The topological polar surface area (TPSA) is 120 Å². The summed E-state index contributed by atoms with van der Waals surface area (Å²) in [5.74, 6) is -7.77. The molecule has 1 saturated heterocycles. The van der Waals surface area contributed by atoms with Gasteiger partial charge in [-0.2, -0.15) is 5.26 Å². The summed E-state index contributed by atoms with van der Waals surface area (Å²) in [6.07, 6.45) is 2.74. The zero-order valence-corrected chi connectivity index (χ0v) is 20.0. The number of carbonyl (C=O) groups is 1. The molecule has 10 heteroatoms. The third-order valence-corrected chi connectivity index (χ3v) is 9.61. The Balaban J connectivity index is 1.70. The molecule has 2 aliphatic rings. The van der Waals surface area contributed by atoms with Crippen LogP contribution in [0.5, 0.6) is 0 Å². The van der Waals surface area contributed by atoms with E-state index in [1.165, 1.54) is 13.0 Å². The van der Waals surface area contributed by atoms with E-state index in [0.29, 0.717) is 16.8 Å². The number of pyridine rings is 1. The highest BCUT2D eigenvalue weighted by Crippen LogP contribution is 2.58. The molecule has 184 valence electrons. The smallest absolute Gasteiger partial charge is 0.305 e. The molecule has 0 radical (unpaired) electrons. The fourth-order valence-electron chi connectivity index (χ4n) is 5.64. The van der Waals surface area contributed by atoms with Crippen molar-refractivity contribution in [2.75, 3.05) is 0 Å². The zero-order chi connectivity index (χ0) is 25.6. The Kier molecular flexibility index (Phi) is 6.28. The number of benzene rings is 1. The van der Waals surface area contributed by atoms with Crippen LogP contribution in [0.2, 0.25) is 0 Å². The molecule has 35 heavy (non-hydrogen) atoms. The van der Waals surface area contributed by atoms with Gasteiger partial charge < -0.3 is 5.11 Å². The van der Waals surface area contributed by atoms with Crippen molar-refractivity contribution in [3.8, 4) is 17.2 Å². The van der Waals surface area contributed by atoms with Gasteiger partial charge in [-0.15, -0.1) is 0 Å². The molecule has 1 aromatic carbocycles. The lowest BCUT2D eigenvalue weighted by molar-refractivity contribution is -0.145. The molecule has 7 nitrogen and oxygen atoms in total. The molecule has 2 fully saturated rings. The number of carboxylic acid groups (broad SMARTS) is 1. The molecule has 0 spiro atoms. The van der Waals surface area contributed by atoms with E-state index in [9.17, 15) is 23.6 Å². The third kappa shape index (κ3) is 4.23. The van der Waals surface area contributed by atoms with Gasteiger partial charge in [0.1, 0.15) is 4.75 Å². The zero-order valence-electron chi connectivity index (χ0n) is 19.2. The summed E-state index contributed by atoms with van der Waals surface area (Å²) in [5.41, 5.74) is 2.40. The Morgan fingerprint density at radius 1 is 1.29 bits per heavy atom. The molecule has 1 unspecified atom stereocenters. The van der Waals surface area contributed by atoms with E-state index < -0.39 is 63.3 Å². The van der Waals surface area contributed by atoms with Crippen LogP contribution in [0.1, 0.15) is 37.9 Å². The predicted octanol–water partition coefficient (Wildman–Crippen LogP) is 4.08. The van der Waals surface area contributed by atoms with Gasteiger partial charge in [-0.3, -0.25) is 9.78 Å². The van der Waals surface area contributed by atoms with Crippen LogP contribution in [0.3, 0.4) is 0 Å². The Hall–Kier alpha value is -3.16. The number of hydrogen-bond donors (Lipinski definition) is 2. The van der Waals surface area contributed by atoms with Gasteiger partial charge in [0.15, 0.2) is 0 Å². The van der Waals surface area contributed by atoms with Gasteiger partial charge in [0.05, 0.1) is 23.7 Å². The molecule has 1 saturated carbocycles. The number of aliphatic carboxylic acids is 1. The molecular weight excluding hydrogens is 476 g/mol. The fraction of sp³-hybridized carbons (Fsp3) is 0.400. The van der Waals surface area contributed by atoms with Crippen LogP contribution >= 0.6 is 0 Å². The van der Waals surface area contributed by atoms with Gasteiger partial charge in [0, 0.05) is 41.6 Å². The minimum Gasteiger partial charge on any atom is -0.481 e. The van der Waals surface area contributed by atoms with Crippen molar-refractivity contribution in [3.05, 3.63) is 59.9 Å². The molecule has 2 N–H and O–H groups in total. The highest BCUT2D eigenvalue weighted by atomic mass is 32.2. The highest BCUT2D eigenvalue weighted by molar-refractivity contribution is 7.91. The number of hydrogen-bond acceptors (Lipinski definition) is 5. The van der Waals surface area contributed by atoms with Crippen molar-refractivity contribution in [2.24, 2.45) is 17.8 Å². The number of allylic oxidation sites excluding steroid dienone is 1. The van der Waals surface area contributed by atoms with Crippen molar-refractivity contribution < 1.29 is 27.1 Å². The average molecular weight is 502 g/mol. The average Bonchev–Trinajstić information content (AvgIpc) is 2.97. The first-order chi connectivity index (χ1) is 16.4. The van der Waals surface area contributed by atoms with Gasteiger partial charge in [0.25, 0.3) is 5.92 Å². The van der Waals surface area contributed by atoms with Crippen LogP contribution in [0.4, 0.5) is 8.78 Å². The Morgan fingerprint density at radius 2 is 2.00 bits per heavy atom. The fourth-order valence-corrected chi connectivity index (χ4v) is 7.93. The summed E-state index contributed by atoms with van der Waals surface area (Å²) in [5, 5.41) is 18.7. The molecule has 0 amide bonds. The molecule has 5 atom stereocenters. The van der Waals surface area contributed by atoms with E-state index in [4.69, 9.17) is 0 Å². The van der Waals surface area contributed by atoms with E-state index >= 15 is 8.78 Å². The minimum atomic E-state index is -4.29. The lowest BCUT2D eigenvalue weighted by Gasteiger charge is -2.48. The standard InChI is InChI=1S/C25H25F2N3O4S/c1-15-20(10-9-19-8-7-18(13-29-19)21-6-4-3-5-17(21)12-28)23-16(2)30-35(33,34)24(23,11-22(31)32)14-25(15,26)27/h3-10,13,15-16,20,23,30H,11,14H2,1-2H3,(H,31,32)/b10-9+/t15-,16+,20-,23-,24?/m0/s1. The minimum absolute atomic E-state index is 0.467. The van der Waals surface area contributed by atoms with E-state index in [1.807, 2.05) is 6.07 Å². The number of halogens is 2. The number of nitriles is 1. The maximum Gasteiger partial charge on any atom is 0.305 e. The predicted molar refractivity (Wildman–Crippen MR) is 126 cm³/mol. The lowest BCUT2D eigenvalue weighted by atomic mass is 9.61. The van der Waals surface area contributed by atoms with Crippen LogP contribution in [0.25, 0.3) is 17.2 Å². The number of fused-ring (bicyclic) bond motifs is 1. The first-order valence-electron chi connectivity index (χ1n) is 11.2. The van der Waals surface area contributed by atoms with Crippen molar-refractivity contribution in [1.29, 1.82) is 5.26 Å². The molecule has 2 heterocycles. The lowest BCUT2D eigenvalue weighted by Crippen LogP contribution is -2.58. The first kappa shape index (κ1) is 24.9. The normalized spacial score (nSPS) is 31.1. The van der Waals surface area contributed by atoms with Crippen LogP contribution in [0, 0.1) is 29.1 Å². The SMILES string of the molecule is C[C@H]1NS(=O)(=O)C2(CC(=O)O)CC(F)(F)[C@@H](C)[C@H](/C=C/c3ccc(-c4ccccc4C#N)cn3)[C@H]12. The quantitative estimate of drug-likeness (QED) is 0.637. The second kappa shape index (κ2) is 8.81. The van der Waals surface area contributed by atoms with Crippen molar-refractivity contribution >= 4 is 22.1 Å². The number of aromatic nitrogens is 1.